The molecule has 0 unspecified atom stereocenters. The molecule has 0 amide bonds. The predicted molar refractivity (Wildman–Crippen MR) is 110 cm³/mol. The van der Waals surface area contributed by atoms with Gasteiger partial charge >= 0.3 is 59.1 Å². The summed E-state index contributed by atoms with van der Waals surface area (Å²) in [4.78, 5) is 0. The number of aryl methyl sites for hydroxylation is 1. The molecule has 0 radical (unpaired) electrons. The van der Waals surface area contributed by atoms with Gasteiger partial charge in [0.25, 0.3) is 0 Å². The molecular formula is C24H36Na2. The van der Waals surface area contributed by atoms with Crippen LogP contribution in [0.1, 0.15) is 79.5 Å². The van der Waals surface area contributed by atoms with Crippen LogP contribution in [-0.4, -0.2) is 0 Å². The van der Waals surface area contributed by atoms with E-state index in [1.165, 1.54) is 87.3 Å². The van der Waals surface area contributed by atoms with Crippen molar-refractivity contribution in [1.29, 1.82) is 0 Å². The second kappa shape index (κ2) is 17.5. The molecule has 2 heteroatoms. The van der Waals surface area contributed by atoms with Gasteiger partial charge in [-0.15, -0.1) is 0 Å². The van der Waals surface area contributed by atoms with E-state index in [9.17, 15) is 0 Å². The Morgan fingerprint density at radius 2 is 1.00 bits per heavy atom. The molecule has 0 aliphatic carbocycles. The summed E-state index contributed by atoms with van der Waals surface area (Å²) in [5.41, 5.74) is 4.11. The summed E-state index contributed by atoms with van der Waals surface area (Å²) in [6, 6.07) is 19.8. The summed E-state index contributed by atoms with van der Waals surface area (Å²) in [5.74, 6) is 0. The van der Waals surface area contributed by atoms with E-state index in [1.54, 1.807) is 0 Å². The third-order valence-electron chi connectivity index (χ3n) is 4.88. The van der Waals surface area contributed by atoms with Gasteiger partial charge in [0.1, 0.15) is 0 Å². The van der Waals surface area contributed by atoms with E-state index in [0.29, 0.717) is 0 Å². The normalized spacial score (nSPS) is 10.0. The number of hydrogen-bond donors (Lipinski definition) is 0. The van der Waals surface area contributed by atoms with Crippen LogP contribution in [0.4, 0.5) is 0 Å². The maximum Gasteiger partial charge on any atom is 1.00 e. The van der Waals surface area contributed by atoms with E-state index in [2.05, 4.69) is 61.5 Å². The number of rotatable bonds is 12. The Balaban J connectivity index is -0.00000156. The molecule has 2 aromatic rings. The van der Waals surface area contributed by atoms with Crippen LogP contribution < -0.4 is 59.1 Å². The van der Waals surface area contributed by atoms with Crippen molar-refractivity contribution in [1.82, 2.24) is 0 Å². The maximum absolute atomic E-state index is 2.30. The van der Waals surface area contributed by atoms with Gasteiger partial charge < -0.3 is 2.85 Å². The minimum atomic E-state index is 0. The molecular weight excluding hydrogens is 334 g/mol. The van der Waals surface area contributed by atoms with Gasteiger partial charge in [0.05, 0.1) is 0 Å². The fourth-order valence-electron chi connectivity index (χ4n) is 3.31. The first-order valence-electron chi connectivity index (χ1n) is 10.0. The van der Waals surface area contributed by atoms with Crippen LogP contribution in [0.15, 0.2) is 54.6 Å². The Bertz CT molecular complexity index is 544. The molecule has 0 nitrogen and oxygen atoms in total. The molecule has 0 aliphatic rings. The van der Waals surface area contributed by atoms with Crippen LogP contribution in [0.5, 0.6) is 0 Å². The predicted octanol–water partition coefficient (Wildman–Crippen LogP) is 2.05. The van der Waals surface area contributed by atoms with Crippen LogP contribution in [0.2, 0.25) is 0 Å². The van der Waals surface area contributed by atoms with Gasteiger partial charge in [-0.1, -0.05) is 119 Å². The van der Waals surface area contributed by atoms with Gasteiger partial charge in [-0.2, -0.15) is 0 Å². The number of benzene rings is 2. The zero-order valence-corrected chi connectivity index (χ0v) is 21.5. The largest absolute Gasteiger partial charge is 1.00 e. The van der Waals surface area contributed by atoms with Crippen molar-refractivity contribution in [3.8, 4) is 11.1 Å². The van der Waals surface area contributed by atoms with Crippen molar-refractivity contribution >= 4 is 0 Å². The quantitative estimate of drug-likeness (QED) is 0.396. The number of unbranched alkanes of at least 4 members (excludes halogenated alkanes) is 9. The molecule has 0 saturated carbocycles. The van der Waals surface area contributed by atoms with Gasteiger partial charge in [-0.3, -0.25) is 0 Å². The molecule has 0 heterocycles. The summed E-state index contributed by atoms with van der Waals surface area (Å²) >= 11 is 0. The average Bonchev–Trinajstić information content (AvgIpc) is 2.64. The van der Waals surface area contributed by atoms with Crippen LogP contribution in [-0.2, 0) is 6.42 Å². The average molecular weight is 371 g/mol. The molecule has 2 rings (SSSR count). The van der Waals surface area contributed by atoms with Crippen LogP contribution >= 0.6 is 0 Å². The first kappa shape index (κ1) is 26.4. The van der Waals surface area contributed by atoms with E-state index >= 15 is 0 Å². The third kappa shape index (κ3) is 11.3. The Hall–Kier alpha value is 0.440. The standard InChI is InChI=1S/C24H34.2Na.2H/c1-2-3-4-5-6-7-8-9-10-12-15-22-18-20-24(21-19-22)23-16-13-11-14-17-23;;;;/h11,13-14,16-21H,2-10,12,15H2,1H3;;;;/q;2*+1;2*-1. The molecule has 26 heavy (non-hydrogen) atoms. The Morgan fingerprint density at radius 3 is 1.54 bits per heavy atom. The van der Waals surface area contributed by atoms with E-state index in [1.807, 2.05) is 0 Å². The molecule has 0 atom stereocenters. The zero-order chi connectivity index (χ0) is 16.9. The van der Waals surface area contributed by atoms with E-state index in [-0.39, 0.29) is 62.0 Å². The Kier molecular flexibility index (Phi) is 17.8. The summed E-state index contributed by atoms with van der Waals surface area (Å²) in [5, 5.41) is 0. The number of hydrogen-bond acceptors (Lipinski definition) is 0. The second-order valence-electron chi connectivity index (χ2n) is 6.99. The fourth-order valence-corrected chi connectivity index (χ4v) is 3.31. The molecule has 0 saturated heterocycles. The van der Waals surface area contributed by atoms with Gasteiger partial charge in [0.15, 0.2) is 0 Å². The molecule has 2 aromatic carbocycles. The van der Waals surface area contributed by atoms with Crippen LogP contribution in [0, 0.1) is 0 Å². The fraction of sp³-hybridized carbons (Fsp3) is 0.500. The maximum atomic E-state index is 2.30. The van der Waals surface area contributed by atoms with E-state index in [4.69, 9.17) is 0 Å². The van der Waals surface area contributed by atoms with Crippen molar-refractivity contribution in [3.05, 3.63) is 60.2 Å². The third-order valence-corrected chi connectivity index (χ3v) is 4.88. The van der Waals surface area contributed by atoms with Crippen molar-refractivity contribution in [2.75, 3.05) is 0 Å². The molecule has 0 bridgehead atoms. The van der Waals surface area contributed by atoms with E-state index in [0.717, 1.165) is 0 Å². The topological polar surface area (TPSA) is 0 Å². The molecule has 0 fully saturated rings. The van der Waals surface area contributed by atoms with Crippen LogP contribution in [0.25, 0.3) is 11.1 Å². The first-order valence-corrected chi connectivity index (χ1v) is 10.0. The summed E-state index contributed by atoms with van der Waals surface area (Å²) in [6.07, 6.45) is 15.3. The zero-order valence-electron chi connectivity index (χ0n) is 19.5. The molecule has 0 spiro atoms. The van der Waals surface area contributed by atoms with Crippen LogP contribution in [0.3, 0.4) is 0 Å². The smallest absolute Gasteiger partial charge is 1.00 e. The monoisotopic (exact) mass is 370 g/mol. The summed E-state index contributed by atoms with van der Waals surface area (Å²) < 4.78 is 0. The van der Waals surface area contributed by atoms with Crippen molar-refractivity contribution in [3.63, 3.8) is 0 Å². The minimum absolute atomic E-state index is 0. The van der Waals surface area contributed by atoms with Crippen molar-refractivity contribution in [2.24, 2.45) is 0 Å². The van der Waals surface area contributed by atoms with Gasteiger partial charge in [0.2, 0.25) is 0 Å². The van der Waals surface area contributed by atoms with Crippen molar-refractivity contribution < 1.29 is 62.0 Å². The van der Waals surface area contributed by atoms with Gasteiger partial charge in [-0.25, -0.2) is 0 Å². The van der Waals surface area contributed by atoms with Gasteiger partial charge in [0, 0.05) is 0 Å². The first-order chi connectivity index (χ1) is 11.9. The summed E-state index contributed by atoms with van der Waals surface area (Å²) in [7, 11) is 0. The summed E-state index contributed by atoms with van der Waals surface area (Å²) in [6.45, 7) is 2.29. The van der Waals surface area contributed by atoms with Gasteiger partial charge in [-0.05, 0) is 29.5 Å². The molecule has 134 valence electrons. The Labute approximate surface area is 209 Å². The molecule has 0 aliphatic heterocycles. The van der Waals surface area contributed by atoms with E-state index < -0.39 is 0 Å². The second-order valence-corrected chi connectivity index (χ2v) is 6.99. The molecule has 0 N–H and O–H groups in total. The SMILES string of the molecule is CCCCCCCCCCCCc1ccc(-c2ccccc2)cc1.[H-].[H-].[Na+].[Na+]. The van der Waals surface area contributed by atoms with Crippen molar-refractivity contribution in [2.45, 2.75) is 77.6 Å². The minimum Gasteiger partial charge on any atom is -1.00 e. The Morgan fingerprint density at radius 1 is 0.538 bits per heavy atom. The molecule has 0 aromatic heterocycles.